The Morgan fingerprint density at radius 2 is 1.55 bits per heavy atom. The molecule has 162 valence electrons. The van der Waals surface area contributed by atoms with Crippen molar-refractivity contribution < 1.29 is 17.9 Å². The van der Waals surface area contributed by atoms with Crippen LogP contribution in [0.1, 0.15) is 23.6 Å². The average molecular weight is 439 g/mol. The number of nitrogens with one attached hydrogen (secondary N) is 2. The van der Waals surface area contributed by atoms with Crippen molar-refractivity contribution in [1.29, 1.82) is 0 Å². The Kier molecular flexibility index (Phi) is 6.97. The van der Waals surface area contributed by atoms with E-state index in [4.69, 9.17) is 4.74 Å². The predicted molar refractivity (Wildman–Crippen MR) is 123 cm³/mol. The number of aryl methyl sites for hydroxylation is 2. The van der Waals surface area contributed by atoms with E-state index in [0.717, 1.165) is 16.7 Å². The quantitative estimate of drug-likeness (QED) is 0.535. The summed E-state index contributed by atoms with van der Waals surface area (Å²) < 4.78 is 33.1. The molecule has 0 heterocycles. The van der Waals surface area contributed by atoms with Crippen molar-refractivity contribution >= 4 is 27.3 Å². The molecule has 0 saturated heterocycles. The standard InChI is InChI=1S/C24H26N2O4S/c1-4-30-22-11-7-21(8-12-22)26-31(28,29)23-13-9-20(10-14-23)25-24(27)16-19-15-17(2)5-6-18(19)3/h5-15,26H,4,16H2,1-3H3,(H,25,27). The lowest BCUT2D eigenvalue weighted by Crippen LogP contribution is -2.16. The van der Waals surface area contributed by atoms with Gasteiger partial charge in [0.2, 0.25) is 5.91 Å². The first-order valence-electron chi connectivity index (χ1n) is 9.98. The zero-order valence-corrected chi connectivity index (χ0v) is 18.6. The maximum absolute atomic E-state index is 12.6. The van der Waals surface area contributed by atoms with Crippen LogP contribution in [0.2, 0.25) is 0 Å². The third-order valence-corrected chi connectivity index (χ3v) is 6.12. The highest BCUT2D eigenvalue weighted by Crippen LogP contribution is 2.21. The predicted octanol–water partition coefficient (Wildman–Crippen LogP) is 4.68. The van der Waals surface area contributed by atoms with Crippen LogP contribution >= 0.6 is 0 Å². The molecule has 1 amide bonds. The number of ether oxygens (including phenoxy) is 1. The summed E-state index contributed by atoms with van der Waals surface area (Å²) in [6.45, 7) is 6.38. The van der Waals surface area contributed by atoms with Crippen LogP contribution in [-0.4, -0.2) is 20.9 Å². The Balaban J connectivity index is 1.64. The van der Waals surface area contributed by atoms with Crippen LogP contribution in [-0.2, 0) is 21.2 Å². The van der Waals surface area contributed by atoms with Gasteiger partial charge in [-0.2, -0.15) is 0 Å². The third-order valence-electron chi connectivity index (χ3n) is 4.72. The molecule has 3 aromatic rings. The number of hydrogen-bond donors (Lipinski definition) is 2. The summed E-state index contributed by atoms with van der Waals surface area (Å²) in [5.41, 5.74) is 4.10. The molecular formula is C24H26N2O4S. The van der Waals surface area contributed by atoms with Gasteiger partial charge in [-0.25, -0.2) is 8.42 Å². The largest absolute Gasteiger partial charge is 0.494 e. The van der Waals surface area contributed by atoms with Crippen LogP contribution in [0, 0.1) is 13.8 Å². The van der Waals surface area contributed by atoms with E-state index in [1.165, 1.54) is 12.1 Å². The summed E-state index contributed by atoms with van der Waals surface area (Å²) in [5, 5.41) is 2.82. The molecule has 0 radical (unpaired) electrons. The molecule has 0 fully saturated rings. The van der Waals surface area contributed by atoms with Crippen molar-refractivity contribution in [3.63, 3.8) is 0 Å². The molecule has 0 bridgehead atoms. The summed E-state index contributed by atoms with van der Waals surface area (Å²) in [7, 11) is -3.75. The lowest BCUT2D eigenvalue weighted by Gasteiger charge is -2.11. The van der Waals surface area contributed by atoms with Gasteiger partial charge in [0.25, 0.3) is 10.0 Å². The molecular weight excluding hydrogens is 412 g/mol. The summed E-state index contributed by atoms with van der Waals surface area (Å²) >= 11 is 0. The van der Waals surface area contributed by atoms with Crippen molar-refractivity contribution in [1.82, 2.24) is 0 Å². The summed E-state index contributed by atoms with van der Waals surface area (Å²) in [4.78, 5) is 12.5. The fourth-order valence-corrected chi connectivity index (χ4v) is 4.14. The number of anilines is 2. The summed E-state index contributed by atoms with van der Waals surface area (Å²) in [6.07, 6.45) is 0.257. The van der Waals surface area contributed by atoms with Gasteiger partial charge >= 0.3 is 0 Å². The number of carbonyl (C=O) groups is 1. The number of hydrogen-bond acceptors (Lipinski definition) is 4. The van der Waals surface area contributed by atoms with E-state index >= 15 is 0 Å². The normalized spacial score (nSPS) is 11.1. The second-order valence-corrected chi connectivity index (χ2v) is 8.92. The van der Waals surface area contributed by atoms with Crippen LogP contribution in [0.5, 0.6) is 5.75 Å². The van der Waals surface area contributed by atoms with Crippen LogP contribution in [0.25, 0.3) is 0 Å². The smallest absolute Gasteiger partial charge is 0.261 e. The monoisotopic (exact) mass is 438 g/mol. The van der Waals surface area contributed by atoms with Crippen molar-refractivity contribution in [2.24, 2.45) is 0 Å². The highest BCUT2D eigenvalue weighted by molar-refractivity contribution is 7.92. The molecule has 6 nitrogen and oxygen atoms in total. The number of amides is 1. The Labute approximate surface area is 183 Å². The number of rotatable bonds is 8. The Morgan fingerprint density at radius 1 is 0.903 bits per heavy atom. The lowest BCUT2D eigenvalue weighted by molar-refractivity contribution is -0.115. The average Bonchev–Trinajstić information content (AvgIpc) is 2.72. The van der Waals surface area contributed by atoms with Gasteiger partial charge in [-0.15, -0.1) is 0 Å². The number of sulfonamides is 1. The lowest BCUT2D eigenvalue weighted by atomic mass is 10.0. The molecule has 0 atom stereocenters. The molecule has 0 aromatic heterocycles. The van der Waals surface area contributed by atoms with E-state index in [-0.39, 0.29) is 17.2 Å². The van der Waals surface area contributed by atoms with Crippen LogP contribution < -0.4 is 14.8 Å². The maximum Gasteiger partial charge on any atom is 0.261 e. The third kappa shape index (κ3) is 6.08. The summed E-state index contributed by atoms with van der Waals surface area (Å²) in [5.74, 6) is 0.517. The van der Waals surface area contributed by atoms with Gasteiger partial charge in [0.05, 0.1) is 17.9 Å². The van der Waals surface area contributed by atoms with E-state index in [1.54, 1.807) is 36.4 Å². The molecule has 0 aliphatic rings. The molecule has 0 aliphatic heterocycles. The van der Waals surface area contributed by atoms with E-state index in [1.807, 2.05) is 39.0 Å². The Bertz CT molecular complexity index is 1160. The SMILES string of the molecule is CCOc1ccc(NS(=O)(=O)c2ccc(NC(=O)Cc3cc(C)ccc3C)cc2)cc1. The minimum absolute atomic E-state index is 0.105. The maximum atomic E-state index is 12.6. The first-order chi connectivity index (χ1) is 14.8. The number of carbonyl (C=O) groups excluding carboxylic acids is 1. The van der Waals surface area contributed by atoms with E-state index in [9.17, 15) is 13.2 Å². The van der Waals surface area contributed by atoms with Gasteiger partial charge < -0.3 is 10.1 Å². The van der Waals surface area contributed by atoms with E-state index in [2.05, 4.69) is 10.0 Å². The Hall–Kier alpha value is -3.32. The minimum atomic E-state index is -3.75. The van der Waals surface area contributed by atoms with Crippen LogP contribution in [0.15, 0.2) is 71.6 Å². The zero-order valence-electron chi connectivity index (χ0n) is 17.8. The molecule has 31 heavy (non-hydrogen) atoms. The highest BCUT2D eigenvalue weighted by Gasteiger charge is 2.15. The van der Waals surface area contributed by atoms with Crippen molar-refractivity contribution in [3.05, 3.63) is 83.4 Å². The van der Waals surface area contributed by atoms with Gasteiger partial charge in [-0.05, 0) is 80.4 Å². The van der Waals surface area contributed by atoms with Gasteiger partial charge in [-0.1, -0.05) is 23.8 Å². The van der Waals surface area contributed by atoms with Gasteiger partial charge in [0.15, 0.2) is 0 Å². The summed E-state index contributed by atoms with van der Waals surface area (Å²) in [6, 6.07) is 18.8. The van der Waals surface area contributed by atoms with E-state index < -0.39 is 10.0 Å². The second-order valence-electron chi connectivity index (χ2n) is 7.24. The molecule has 2 N–H and O–H groups in total. The highest BCUT2D eigenvalue weighted by atomic mass is 32.2. The fraction of sp³-hybridized carbons (Fsp3) is 0.208. The topological polar surface area (TPSA) is 84.5 Å². The molecule has 0 spiro atoms. The van der Waals surface area contributed by atoms with Crippen molar-refractivity contribution in [3.8, 4) is 5.75 Å². The molecule has 0 saturated carbocycles. The van der Waals surface area contributed by atoms with Crippen molar-refractivity contribution in [2.75, 3.05) is 16.6 Å². The first-order valence-corrected chi connectivity index (χ1v) is 11.5. The van der Waals surface area contributed by atoms with E-state index in [0.29, 0.717) is 23.7 Å². The molecule has 3 rings (SSSR count). The molecule has 3 aromatic carbocycles. The van der Waals surface area contributed by atoms with Gasteiger partial charge in [0.1, 0.15) is 5.75 Å². The Morgan fingerprint density at radius 3 is 2.19 bits per heavy atom. The molecule has 7 heteroatoms. The minimum Gasteiger partial charge on any atom is -0.494 e. The van der Waals surface area contributed by atoms with Gasteiger partial charge in [-0.3, -0.25) is 9.52 Å². The van der Waals surface area contributed by atoms with Crippen LogP contribution in [0.4, 0.5) is 11.4 Å². The first kappa shape index (κ1) is 22.4. The van der Waals surface area contributed by atoms with Gasteiger partial charge in [0, 0.05) is 11.4 Å². The number of benzene rings is 3. The fourth-order valence-electron chi connectivity index (χ4n) is 3.09. The van der Waals surface area contributed by atoms with Crippen molar-refractivity contribution in [2.45, 2.75) is 32.1 Å². The zero-order chi connectivity index (χ0) is 22.4. The second kappa shape index (κ2) is 9.66. The molecule has 0 aliphatic carbocycles. The van der Waals surface area contributed by atoms with Crippen LogP contribution in [0.3, 0.4) is 0 Å². The molecule has 0 unspecified atom stereocenters.